The van der Waals surface area contributed by atoms with Crippen molar-refractivity contribution in [2.24, 2.45) is 0 Å². The average molecular weight is 196 g/mol. The lowest BCUT2D eigenvalue weighted by Gasteiger charge is -2.18. The number of carboxylic acids is 1. The van der Waals surface area contributed by atoms with E-state index >= 15 is 0 Å². The smallest absolute Gasteiger partial charge is 0.360 e. The van der Waals surface area contributed by atoms with Crippen LogP contribution in [0.2, 0.25) is 0 Å². The molecule has 0 radical (unpaired) electrons. The molecule has 1 saturated carbocycles. The molecule has 0 atom stereocenters. The molecule has 0 unspecified atom stereocenters. The Morgan fingerprint density at radius 3 is 2.64 bits per heavy atom. The van der Waals surface area contributed by atoms with Gasteiger partial charge >= 0.3 is 5.97 Å². The van der Waals surface area contributed by atoms with Crippen LogP contribution in [0.4, 0.5) is 0 Å². The average Bonchev–Trinajstić information content (AvgIpc) is 2.67. The van der Waals surface area contributed by atoms with Crippen LogP contribution in [0.1, 0.15) is 54.2 Å². The van der Waals surface area contributed by atoms with Crippen molar-refractivity contribution in [2.75, 3.05) is 0 Å². The molecule has 5 nitrogen and oxygen atoms in total. The first-order valence-electron chi connectivity index (χ1n) is 4.85. The van der Waals surface area contributed by atoms with Gasteiger partial charge in [-0.05, 0) is 18.0 Å². The molecule has 14 heavy (non-hydrogen) atoms. The minimum atomic E-state index is -1.05. The van der Waals surface area contributed by atoms with Crippen molar-refractivity contribution in [3.05, 3.63) is 11.4 Å². The minimum absolute atomic E-state index is 0.0168. The van der Waals surface area contributed by atoms with Gasteiger partial charge in [-0.15, -0.1) is 0 Å². The third-order valence-electron chi connectivity index (χ3n) is 2.71. The number of hydrogen-bond donors (Lipinski definition) is 1. The Kier molecular flexibility index (Phi) is 2.47. The third kappa shape index (κ3) is 1.62. The van der Waals surface area contributed by atoms with E-state index in [0.717, 1.165) is 25.7 Å². The fraction of sp³-hybridized carbons (Fsp3) is 0.667. The Morgan fingerprint density at radius 1 is 1.29 bits per heavy atom. The fourth-order valence-electron chi connectivity index (χ4n) is 1.99. The van der Waals surface area contributed by atoms with E-state index in [4.69, 9.17) is 5.11 Å². The molecule has 76 valence electrons. The quantitative estimate of drug-likeness (QED) is 0.780. The second-order valence-corrected chi connectivity index (χ2v) is 3.64. The summed E-state index contributed by atoms with van der Waals surface area (Å²) in [6.45, 7) is 0. The van der Waals surface area contributed by atoms with Crippen molar-refractivity contribution in [3.8, 4) is 0 Å². The second kappa shape index (κ2) is 3.77. The molecule has 1 heterocycles. The molecule has 1 fully saturated rings. The van der Waals surface area contributed by atoms with Crippen LogP contribution in [0.15, 0.2) is 4.63 Å². The summed E-state index contributed by atoms with van der Waals surface area (Å²) < 4.78 is 4.48. The fourth-order valence-corrected chi connectivity index (χ4v) is 1.99. The van der Waals surface area contributed by atoms with E-state index < -0.39 is 5.97 Å². The maximum Gasteiger partial charge on any atom is 0.360 e. The Morgan fingerprint density at radius 2 is 2.00 bits per heavy atom. The van der Waals surface area contributed by atoms with Gasteiger partial charge in [0.25, 0.3) is 0 Å². The number of carbonyl (C=O) groups is 1. The van der Waals surface area contributed by atoms with Gasteiger partial charge in [-0.25, -0.2) is 9.42 Å². The van der Waals surface area contributed by atoms with Gasteiger partial charge < -0.3 is 5.11 Å². The van der Waals surface area contributed by atoms with Crippen LogP contribution in [0.25, 0.3) is 0 Å². The van der Waals surface area contributed by atoms with Crippen molar-refractivity contribution in [2.45, 2.75) is 38.0 Å². The summed E-state index contributed by atoms with van der Waals surface area (Å²) in [5.41, 5.74) is 0.508. The summed E-state index contributed by atoms with van der Waals surface area (Å²) in [4.78, 5) is 10.8. The molecule has 1 N–H and O–H groups in total. The molecular weight excluding hydrogens is 184 g/mol. The SMILES string of the molecule is O=C(O)c1nonc1C1CCCCC1. The van der Waals surface area contributed by atoms with Gasteiger partial charge in [0.15, 0.2) is 0 Å². The number of aromatic carboxylic acids is 1. The van der Waals surface area contributed by atoms with Crippen LogP contribution < -0.4 is 0 Å². The Balaban J connectivity index is 2.21. The first kappa shape index (κ1) is 9.18. The monoisotopic (exact) mass is 196 g/mol. The van der Waals surface area contributed by atoms with Gasteiger partial charge in [0.2, 0.25) is 5.69 Å². The second-order valence-electron chi connectivity index (χ2n) is 3.64. The van der Waals surface area contributed by atoms with Gasteiger partial charge in [0.05, 0.1) is 0 Å². The molecule has 0 bridgehead atoms. The summed E-state index contributed by atoms with van der Waals surface area (Å²) in [6, 6.07) is 0. The lowest BCUT2D eigenvalue weighted by molar-refractivity contribution is 0.0683. The van der Waals surface area contributed by atoms with Gasteiger partial charge in [-0.2, -0.15) is 0 Å². The van der Waals surface area contributed by atoms with Crippen molar-refractivity contribution >= 4 is 5.97 Å². The summed E-state index contributed by atoms with van der Waals surface area (Å²) in [6.07, 6.45) is 5.49. The summed E-state index contributed by atoms with van der Waals surface area (Å²) in [5.74, 6) is -0.826. The third-order valence-corrected chi connectivity index (χ3v) is 2.71. The van der Waals surface area contributed by atoms with E-state index in [1.807, 2.05) is 0 Å². The topological polar surface area (TPSA) is 76.2 Å². The maximum atomic E-state index is 10.8. The lowest BCUT2D eigenvalue weighted by Crippen LogP contribution is -2.10. The normalized spacial score (nSPS) is 18.3. The molecule has 1 aliphatic carbocycles. The van der Waals surface area contributed by atoms with Crippen molar-refractivity contribution in [3.63, 3.8) is 0 Å². The molecule has 0 saturated heterocycles. The Hall–Kier alpha value is -1.39. The van der Waals surface area contributed by atoms with Crippen LogP contribution in [0.3, 0.4) is 0 Å². The van der Waals surface area contributed by atoms with E-state index in [2.05, 4.69) is 14.9 Å². The van der Waals surface area contributed by atoms with E-state index in [9.17, 15) is 4.79 Å². The van der Waals surface area contributed by atoms with E-state index in [-0.39, 0.29) is 11.6 Å². The van der Waals surface area contributed by atoms with Crippen LogP contribution in [-0.4, -0.2) is 21.4 Å². The molecule has 0 amide bonds. The maximum absolute atomic E-state index is 10.8. The molecule has 1 aromatic heterocycles. The first-order chi connectivity index (χ1) is 6.79. The molecule has 0 aromatic carbocycles. The molecular formula is C9H12N2O3. The van der Waals surface area contributed by atoms with Crippen molar-refractivity contribution in [1.29, 1.82) is 0 Å². The number of rotatable bonds is 2. The van der Waals surface area contributed by atoms with Gasteiger partial charge in [0.1, 0.15) is 5.69 Å². The largest absolute Gasteiger partial charge is 0.476 e. The summed E-state index contributed by atoms with van der Waals surface area (Å²) >= 11 is 0. The number of nitrogens with zero attached hydrogens (tertiary/aromatic N) is 2. The zero-order valence-corrected chi connectivity index (χ0v) is 7.77. The molecule has 1 aromatic rings. The molecule has 0 spiro atoms. The number of carboxylic acid groups (broad SMARTS) is 1. The molecule has 2 rings (SSSR count). The minimum Gasteiger partial charge on any atom is -0.476 e. The number of hydrogen-bond acceptors (Lipinski definition) is 4. The van der Waals surface area contributed by atoms with Crippen LogP contribution in [0.5, 0.6) is 0 Å². The highest BCUT2D eigenvalue weighted by Gasteiger charge is 2.26. The van der Waals surface area contributed by atoms with Crippen LogP contribution >= 0.6 is 0 Å². The predicted octanol–water partition coefficient (Wildman–Crippen LogP) is 1.82. The highest BCUT2D eigenvalue weighted by atomic mass is 16.6. The van der Waals surface area contributed by atoms with Crippen molar-refractivity contribution in [1.82, 2.24) is 10.3 Å². The number of aromatic nitrogens is 2. The molecule has 5 heteroatoms. The van der Waals surface area contributed by atoms with E-state index in [1.54, 1.807) is 0 Å². The van der Waals surface area contributed by atoms with Crippen LogP contribution in [0, 0.1) is 0 Å². The predicted molar refractivity (Wildman–Crippen MR) is 47.1 cm³/mol. The zero-order valence-electron chi connectivity index (χ0n) is 7.77. The standard InChI is InChI=1S/C9H12N2O3/c12-9(13)8-7(10-14-11-8)6-4-2-1-3-5-6/h6H,1-5H2,(H,12,13). The Bertz CT molecular complexity index is 329. The van der Waals surface area contributed by atoms with Gasteiger partial charge in [-0.3, -0.25) is 0 Å². The highest BCUT2D eigenvalue weighted by molar-refractivity contribution is 5.86. The highest BCUT2D eigenvalue weighted by Crippen LogP contribution is 2.32. The summed E-state index contributed by atoms with van der Waals surface area (Å²) in [5, 5.41) is 15.9. The van der Waals surface area contributed by atoms with Crippen molar-refractivity contribution < 1.29 is 14.5 Å². The zero-order chi connectivity index (χ0) is 9.97. The van der Waals surface area contributed by atoms with E-state index in [1.165, 1.54) is 6.42 Å². The lowest BCUT2D eigenvalue weighted by atomic mass is 9.86. The van der Waals surface area contributed by atoms with Gasteiger partial charge in [0, 0.05) is 5.92 Å². The Labute approximate surface area is 81.1 Å². The molecule has 0 aliphatic heterocycles. The van der Waals surface area contributed by atoms with E-state index in [0.29, 0.717) is 5.69 Å². The van der Waals surface area contributed by atoms with Gasteiger partial charge in [-0.1, -0.05) is 24.4 Å². The molecule has 1 aliphatic rings. The van der Waals surface area contributed by atoms with Crippen LogP contribution in [-0.2, 0) is 0 Å². The summed E-state index contributed by atoms with van der Waals surface area (Å²) in [7, 11) is 0. The first-order valence-corrected chi connectivity index (χ1v) is 4.85.